The first kappa shape index (κ1) is 16.6. The molecule has 0 radical (unpaired) electrons. The summed E-state index contributed by atoms with van der Waals surface area (Å²) in [6.07, 6.45) is -0.149. The number of carbonyl (C=O) groups excluding carboxylic acids is 1. The van der Waals surface area contributed by atoms with Crippen molar-refractivity contribution in [1.82, 2.24) is 9.21 Å². The second-order valence-electron chi connectivity index (χ2n) is 5.86. The summed E-state index contributed by atoms with van der Waals surface area (Å²) in [6.45, 7) is 4.99. The minimum atomic E-state index is -3.38. The predicted molar refractivity (Wildman–Crippen MR) is 76.1 cm³/mol. The minimum absolute atomic E-state index is 0.0626. The number of hydrogen-bond donors (Lipinski definition) is 0. The Morgan fingerprint density at radius 3 is 2.14 bits per heavy atom. The summed E-state index contributed by atoms with van der Waals surface area (Å²) >= 11 is 0. The fraction of sp³-hybridized carbons (Fsp3) is 0.923. The van der Waals surface area contributed by atoms with E-state index in [1.807, 2.05) is 0 Å². The van der Waals surface area contributed by atoms with Crippen molar-refractivity contribution in [3.63, 3.8) is 0 Å². The topological polar surface area (TPSA) is 66.9 Å². The molecule has 1 amide bonds. The predicted octanol–water partition coefficient (Wildman–Crippen LogP) is 0.388. The number of alkyl halides is 1. The molecule has 0 aromatic heterocycles. The van der Waals surface area contributed by atoms with Crippen molar-refractivity contribution in [3.05, 3.63) is 0 Å². The van der Waals surface area contributed by atoms with E-state index in [1.54, 1.807) is 13.8 Å². The van der Waals surface area contributed by atoms with Crippen LogP contribution in [0.5, 0.6) is 0 Å². The van der Waals surface area contributed by atoms with E-state index in [0.717, 1.165) is 0 Å². The lowest BCUT2D eigenvalue weighted by Crippen LogP contribution is -2.55. The first-order valence-corrected chi connectivity index (χ1v) is 8.83. The number of piperidine rings is 1. The molecule has 0 bridgehead atoms. The molecule has 0 saturated carbocycles. The van der Waals surface area contributed by atoms with Gasteiger partial charge in [-0.25, -0.2) is 17.1 Å². The molecule has 2 fully saturated rings. The van der Waals surface area contributed by atoms with Gasteiger partial charge in [0.1, 0.15) is 0 Å². The zero-order chi connectivity index (χ0) is 15.7. The Morgan fingerprint density at radius 2 is 1.67 bits per heavy atom. The number of nitrogens with zero attached hydrogens (tertiary/aromatic N) is 2. The smallest absolute Gasteiger partial charge is 0.260 e. The second-order valence-corrected chi connectivity index (χ2v) is 8.35. The van der Waals surface area contributed by atoms with Crippen LogP contribution in [0.1, 0.15) is 26.7 Å². The van der Waals surface area contributed by atoms with Crippen LogP contribution in [0.3, 0.4) is 0 Å². The molecule has 2 aliphatic heterocycles. The average Bonchev–Trinajstić information content (AvgIpc) is 2.47. The third-order valence-electron chi connectivity index (χ3n) is 4.15. The van der Waals surface area contributed by atoms with E-state index in [2.05, 4.69) is 0 Å². The van der Waals surface area contributed by atoms with Crippen molar-refractivity contribution in [3.8, 4) is 0 Å². The number of sulfonamides is 1. The molecule has 0 spiro atoms. The summed E-state index contributed by atoms with van der Waals surface area (Å²) in [5, 5.41) is -0.528. The van der Waals surface area contributed by atoms with E-state index >= 15 is 0 Å². The maximum absolute atomic E-state index is 14.9. The lowest BCUT2D eigenvalue weighted by molar-refractivity contribution is -0.150. The van der Waals surface area contributed by atoms with E-state index in [9.17, 15) is 17.6 Å². The summed E-state index contributed by atoms with van der Waals surface area (Å²) in [5.41, 5.74) is -1.94. The van der Waals surface area contributed by atoms with Crippen molar-refractivity contribution in [1.29, 1.82) is 0 Å². The average molecular weight is 322 g/mol. The minimum Gasteiger partial charge on any atom is -0.378 e. The third kappa shape index (κ3) is 3.37. The van der Waals surface area contributed by atoms with Crippen molar-refractivity contribution in [2.24, 2.45) is 0 Å². The Balaban J connectivity index is 2.00. The Labute approximate surface area is 125 Å². The second kappa shape index (κ2) is 6.18. The molecule has 2 rings (SSSR count). The Hall–Kier alpha value is -0.730. The standard InChI is InChI=1S/C13H23FN2O4S/c1-11(2)21(18,19)16-5-3-13(14,4-6-16)12(17)15-7-9-20-10-8-15/h11H,3-10H2,1-2H3. The zero-order valence-electron chi connectivity index (χ0n) is 12.5. The summed E-state index contributed by atoms with van der Waals surface area (Å²) < 4.78 is 45.4. The quantitative estimate of drug-likeness (QED) is 0.754. The SMILES string of the molecule is CC(C)S(=O)(=O)N1CCC(F)(C(=O)N2CCOCC2)CC1. The van der Waals surface area contributed by atoms with Crippen molar-refractivity contribution >= 4 is 15.9 Å². The van der Waals surface area contributed by atoms with E-state index in [-0.39, 0.29) is 25.9 Å². The molecule has 2 aliphatic rings. The van der Waals surface area contributed by atoms with Gasteiger partial charge in [0.2, 0.25) is 10.0 Å². The lowest BCUT2D eigenvalue weighted by atomic mass is 9.92. The highest BCUT2D eigenvalue weighted by Crippen LogP contribution is 2.31. The van der Waals surface area contributed by atoms with Gasteiger partial charge in [0.05, 0.1) is 18.5 Å². The van der Waals surface area contributed by atoms with Crippen LogP contribution in [0.15, 0.2) is 0 Å². The Kier molecular flexibility index (Phi) is 4.89. The largest absolute Gasteiger partial charge is 0.378 e. The highest BCUT2D eigenvalue weighted by Gasteiger charge is 2.46. The fourth-order valence-corrected chi connectivity index (χ4v) is 3.94. The molecular weight excluding hydrogens is 299 g/mol. The molecule has 8 heteroatoms. The van der Waals surface area contributed by atoms with E-state index in [1.165, 1.54) is 9.21 Å². The number of rotatable bonds is 3. The van der Waals surface area contributed by atoms with Crippen LogP contribution < -0.4 is 0 Å². The summed E-state index contributed by atoms with van der Waals surface area (Å²) in [5.74, 6) is -0.521. The fourth-order valence-electron chi connectivity index (χ4n) is 2.66. The van der Waals surface area contributed by atoms with Gasteiger partial charge in [0.15, 0.2) is 5.67 Å². The molecule has 0 atom stereocenters. The van der Waals surface area contributed by atoms with Gasteiger partial charge < -0.3 is 9.64 Å². The summed E-state index contributed by atoms with van der Waals surface area (Å²) in [7, 11) is -3.38. The molecule has 0 aliphatic carbocycles. The van der Waals surface area contributed by atoms with E-state index in [0.29, 0.717) is 26.3 Å². The maximum atomic E-state index is 14.9. The molecule has 21 heavy (non-hydrogen) atoms. The van der Waals surface area contributed by atoms with Crippen LogP contribution in [0.2, 0.25) is 0 Å². The highest BCUT2D eigenvalue weighted by molar-refractivity contribution is 7.89. The van der Waals surface area contributed by atoms with Crippen LogP contribution in [-0.2, 0) is 19.6 Å². The van der Waals surface area contributed by atoms with Gasteiger partial charge in [-0.2, -0.15) is 0 Å². The molecule has 122 valence electrons. The van der Waals surface area contributed by atoms with Gasteiger partial charge in [-0.1, -0.05) is 0 Å². The van der Waals surface area contributed by atoms with Gasteiger partial charge in [-0.15, -0.1) is 0 Å². The number of morpholine rings is 1. The normalized spacial score (nSPS) is 24.3. The Morgan fingerprint density at radius 1 is 1.14 bits per heavy atom. The molecule has 2 saturated heterocycles. The van der Waals surface area contributed by atoms with Crippen LogP contribution in [0.25, 0.3) is 0 Å². The number of halogens is 1. The van der Waals surface area contributed by atoms with Gasteiger partial charge in [0, 0.05) is 39.0 Å². The van der Waals surface area contributed by atoms with Gasteiger partial charge in [0.25, 0.3) is 5.91 Å². The zero-order valence-corrected chi connectivity index (χ0v) is 13.4. The molecule has 6 nitrogen and oxygen atoms in total. The van der Waals surface area contributed by atoms with Crippen LogP contribution in [-0.4, -0.2) is 73.8 Å². The van der Waals surface area contributed by atoms with E-state index in [4.69, 9.17) is 4.74 Å². The molecule has 0 N–H and O–H groups in total. The molecule has 0 aromatic carbocycles. The van der Waals surface area contributed by atoms with Gasteiger partial charge in [-0.3, -0.25) is 4.79 Å². The first-order valence-electron chi connectivity index (χ1n) is 7.32. The van der Waals surface area contributed by atoms with Crippen molar-refractivity contribution < 1.29 is 22.3 Å². The third-order valence-corrected chi connectivity index (χ3v) is 6.43. The monoisotopic (exact) mass is 322 g/mol. The summed E-state index contributed by atoms with van der Waals surface area (Å²) in [4.78, 5) is 13.8. The summed E-state index contributed by atoms with van der Waals surface area (Å²) in [6, 6.07) is 0. The van der Waals surface area contributed by atoms with E-state index < -0.39 is 26.8 Å². The van der Waals surface area contributed by atoms with Crippen molar-refractivity contribution in [2.45, 2.75) is 37.6 Å². The van der Waals surface area contributed by atoms with Crippen LogP contribution >= 0.6 is 0 Å². The number of hydrogen-bond acceptors (Lipinski definition) is 4. The maximum Gasteiger partial charge on any atom is 0.260 e. The molecule has 0 unspecified atom stereocenters. The van der Waals surface area contributed by atoms with Gasteiger partial charge in [-0.05, 0) is 13.8 Å². The van der Waals surface area contributed by atoms with Crippen LogP contribution in [0, 0.1) is 0 Å². The number of carbonyl (C=O) groups is 1. The first-order chi connectivity index (χ1) is 9.77. The molecule has 0 aromatic rings. The lowest BCUT2D eigenvalue weighted by Gasteiger charge is -2.39. The number of amides is 1. The molecular formula is C13H23FN2O4S. The van der Waals surface area contributed by atoms with Crippen LogP contribution in [0.4, 0.5) is 4.39 Å². The van der Waals surface area contributed by atoms with Gasteiger partial charge >= 0.3 is 0 Å². The molecule has 2 heterocycles. The number of ether oxygens (including phenoxy) is 1. The Bertz CT molecular complexity index is 480. The highest BCUT2D eigenvalue weighted by atomic mass is 32.2. The van der Waals surface area contributed by atoms with Crippen molar-refractivity contribution in [2.75, 3.05) is 39.4 Å².